The Bertz CT molecular complexity index is 974. The van der Waals surface area contributed by atoms with Crippen LogP contribution in [0.3, 0.4) is 0 Å². The summed E-state index contributed by atoms with van der Waals surface area (Å²) in [6, 6.07) is 13.4. The summed E-state index contributed by atoms with van der Waals surface area (Å²) in [7, 11) is 0. The normalized spacial score (nSPS) is 11.3. The zero-order valence-electron chi connectivity index (χ0n) is 14.3. The second-order valence-corrected chi connectivity index (χ2v) is 5.65. The maximum absolute atomic E-state index is 12.8. The number of pyridine rings is 1. The molecule has 8 heteroatoms. The minimum absolute atomic E-state index is 0.269. The second-order valence-electron chi connectivity index (χ2n) is 5.65. The van der Waals surface area contributed by atoms with E-state index in [0.29, 0.717) is 17.0 Å². The van der Waals surface area contributed by atoms with Crippen LogP contribution in [0.15, 0.2) is 54.6 Å². The van der Waals surface area contributed by atoms with Gasteiger partial charge in [-0.25, -0.2) is 9.78 Å². The minimum Gasteiger partial charge on any atom is -0.450 e. The molecule has 1 amide bonds. The molecule has 1 heterocycles. The lowest BCUT2D eigenvalue weighted by Crippen LogP contribution is -2.13. The predicted octanol–water partition coefficient (Wildman–Crippen LogP) is 5.57. The van der Waals surface area contributed by atoms with Gasteiger partial charge in [0.05, 0.1) is 17.7 Å². The van der Waals surface area contributed by atoms with E-state index in [0.717, 1.165) is 17.5 Å². The van der Waals surface area contributed by atoms with Gasteiger partial charge in [0.2, 0.25) is 0 Å². The van der Waals surface area contributed by atoms with Crippen molar-refractivity contribution in [2.75, 3.05) is 17.2 Å². The van der Waals surface area contributed by atoms with Crippen LogP contribution in [-0.4, -0.2) is 17.7 Å². The fraction of sp³-hybridized carbons (Fsp3) is 0.158. The molecule has 0 bridgehead atoms. The molecular formula is C19H16F3N3O2. The lowest BCUT2D eigenvalue weighted by Gasteiger charge is -2.11. The number of hydrogen-bond donors (Lipinski definition) is 2. The van der Waals surface area contributed by atoms with Crippen LogP contribution in [0, 0.1) is 0 Å². The molecule has 0 atom stereocenters. The number of hydrogen-bond acceptors (Lipinski definition) is 4. The molecule has 1 aromatic heterocycles. The molecule has 2 aromatic carbocycles. The number of ether oxygens (including phenoxy) is 1. The van der Waals surface area contributed by atoms with Gasteiger partial charge < -0.3 is 10.1 Å². The van der Waals surface area contributed by atoms with Crippen molar-refractivity contribution < 1.29 is 22.7 Å². The van der Waals surface area contributed by atoms with Gasteiger partial charge in [0.25, 0.3) is 0 Å². The molecule has 5 nitrogen and oxygen atoms in total. The fourth-order valence-electron chi connectivity index (χ4n) is 2.48. The van der Waals surface area contributed by atoms with Crippen molar-refractivity contribution in [1.29, 1.82) is 0 Å². The molecule has 0 radical (unpaired) electrons. The van der Waals surface area contributed by atoms with Gasteiger partial charge in [-0.15, -0.1) is 0 Å². The summed E-state index contributed by atoms with van der Waals surface area (Å²) in [5.41, 5.74) is 0.739. The van der Waals surface area contributed by atoms with Crippen molar-refractivity contribution in [3.63, 3.8) is 0 Å². The average molecular weight is 375 g/mol. The van der Waals surface area contributed by atoms with E-state index in [-0.39, 0.29) is 12.3 Å². The number of carbonyl (C=O) groups is 1. The number of nitrogens with zero attached hydrogens (tertiary/aromatic N) is 1. The predicted molar refractivity (Wildman–Crippen MR) is 97.1 cm³/mol. The minimum atomic E-state index is -4.41. The SMILES string of the molecule is CCOC(=O)Nc1ccc2nc(Nc3cccc(C(F)(F)F)c3)ccc2c1. The monoisotopic (exact) mass is 375 g/mol. The molecule has 0 aliphatic heterocycles. The van der Waals surface area contributed by atoms with Gasteiger partial charge in [0.1, 0.15) is 5.82 Å². The Kier molecular flexibility index (Phi) is 5.16. The third-order valence-corrected chi connectivity index (χ3v) is 3.67. The van der Waals surface area contributed by atoms with Gasteiger partial charge in [-0.2, -0.15) is 13.2 Å². The van der Waals surface area contributed by atoms with Gasteiger partial charge in [-0.3, -0.25) is 5.32 Å². The molecule has 3 rings (SSSR count). The zero-order chi connectivity index (χ0) is 19.4. The smallest absolute Gasteiger partial charge is 0.416 e. The van der Waals surface area contributed by atoms with E-state index in [1.807, 2.05) is 0 Å². The molecule has 0 unspecified atom stereocenters. The first kappa shape index (κ1) is 18.5. The van der Waals surface area contributed by atoms with Crippen molar-refractivity contribution in [2.24, 2.45) is 0 Å². The summed E-state index contributed by atoms with van der Waals surface area (Å²) >= 11 is 0. The Morgan fingerprint density at radius 2 is 1.89 bits per heavy atom. The standard InChI is InChI=1S/C19H16F3N3O2/c1-2-27-18(26)24-15-7-8-16-12(10-15)6-9-17(25-16)23-14-5-3-4-13(11-14)19(20,21)22/h3-11H,2H2,1H3,(H,23,25)(H,24,26). The lowest BCUT2D eigenvalue weighted by atomic mass is 10.2. The van der Waals surface area contributed by atoms with E-state index in [1.165, 1.54) is 12.1 Å². The van der Waals surface area contributed by atoms with Crippen LogP contribution in [0.1, 0.15) is 12.5 Å². The third-order valence-electron chi connectivity index (χ3n) is 3.67. The molecular weight excluding hydrogens is 359 g/mol. The Hall–Kier alpha value is -3.29. The van der Waals surface area contributed by atoms with Gasteiger partial charge in [-0.1, -0.05) is 6.07 Å². The van der Waals surface area contributed by atoms with Crippen LogP contribution in [0.2, 0.25) is 0 Å². The van der Waals surface area contributed by atoms with Gasteiger partial charge in [0.15, 0.2) is 0 Å². The number of benzene rings is 2. The highest BCUT2D eigenvalue weighted by atomic mass is 19.4. The van der Waals surface area contributed by atoms with E-state index in [1.54, 1.807) is 37.3 Å². The van der Waals surface area contributed by atoms with Crippen LogP contribution in [0.25, 0.3) is 10.9 Å². The van der Waals surface area contributed by atoms with Crippen LogP contribution >= 0.6 is 0 Å². The quantitative estimate of drug-likeness (QED) is 0.626. The summed E-state index contributed by atoms with van der Waals surface area (Å²) in [5, 5.41) is 6.23. The highest BCUT2D eigenvalue weighted by molar-refractivity contribution is 5.90. The molecule has 2 N–H and O–H groups in total. The van der Waals surface area contributed by atoms with Crippen molar-refractivity contribution in [3.8, 4) is 0 Å². The average Bonchev–Trinajstić information content (AvgIpc) is 2.61. The van der Waals surface area contributed by atoms with E-state index in [2.05, 4.69) is 15.6 Å². The van der Waals surface area contributed by atoms with E-state index in [9.17, 15) is 18.0 Å². The van der Waals surface area contributed by atoms with E-state index in [4.69, 9.17) is 4.74 Å². The number of nitrogens with one attached hydrogen (secondary N) is 2. The number of anilines is 3. The zero-order valence-corrected chi connectivity index (χ0v) is 14.3. The molecule has 3 aromatic rings. The van der Waals surface area contributed by atoms with E-state index >= 15 is 0 Å². The number of amides is 1. The summed E-state index contributed by atoms with van der Waals surface area (Å²) < 4.78 is 43.2. The maximum Gasteiger partial charge on any atom is 0.416 e. The van der Waals surface area contributed by atoms with Gasteiger partial charge in [-0.05, 0) is 55.5 Å². The first-order chi connectivity index (χ1) is 12.8. The highest BCUT2D eigenvalue weighted by Gasteiger charge is 2.30. The summed E-state index contributed by atoms with van der Waals surface area (Å²) in [4.78, 5) is 15.8. The molecule has 0 fully saturated rings. The van der Waals surface area contributed by atoms with Crippen molar-refractivity contribution in [1.82, 2.24) is 4.98 Å². The van der Waals surface area contributed by atoms with Crippen LogP contribution in [0.4, 0.5) is 35.2 Å². The number of rotatable bonds is 4. The van der Waals surface area contributed by atoms with E-state index < -0.39 is 17.8 Å². The number of halogens is 3. The fourth-order valence-corrected chi connectivity index (χ4v) is 2.48. The summed E-state index contributed by atoms with van der Waals surface area (Å²) in [6.45, 7) is 1.98. The molecule has 27 heavy (non-hydrogen) atoms. The molecule has 140 valence electrons. The second kappa shape index (κ2) is 7.53. The number of aromatic nitrogens is 1. The first-order valence-electron chi connectivity index (χ1n) is 8.14. The molecule has 0 saturated heterocycles. The van der Waals surface area contributed by atoms with Gasteiger partial charge >= 0.3 is 12.3 Å². The Morgan fingerprint density at radius 3 is 2.63 bits per heavy atom. The largest absolute Gasteiger partial charge is 0.450 e. The Morgan fingerprint density at radius 1 is 1.07 bits per heavy atom. The Labute approximate surface area is 153 Å². The topological polar surface area (TPSA) is 63.2 Å². The first-order valence-corrected chi connectivity index (χ1v) is 8.14. The highest BCUT2D eigenvalue weighted by Crippen LogP contribution is 2.31. The van der Waals surface area contributed by atoms with Crippen molar-refractivity contribution in [2.45, 2.75) is 13.1 Å². The van der Waals surface area contributed by atoms with Crippen LogP contribution in [0.5, 0.6) is 0 Å². The van der Waals surface area contributed by atoms with Crippen molar-refractivity contribution >= 4 is 34.2 Å². The number of fused-ring (bicyclic) bond motifs is 1. The van der Waals surface area contributed by atoms with Gasteiger partial charge in [0, 0.05) is 16.8 Å². The number of alkyl halides is 3. The van der Waals surface area contributed by atoms with Crippen LogP contribution in [-0.2, 0) is 10.9 Å². The molecule has 0 aliphatic rings. The summed E-state index contributed by atoms with van der Waals surface area (Å²) in [5.74, 6) is 0.410. The van der Waals surface area contributed by atoms with Crippen molar-refractivity contribution in [3.05, 3.63) is 60.2 Å². The molecule has 0 aliphatic carbocycles. The summed E-state index contributed by atoms with van der Waals surface area (Å²) in [6.07, 6.45) is -4.95. The molecule has 0 spiro atoms. The molecule has 0 saturated carbocycles. The van der Waals surface area contributed by atoms with Crippen LogP contribution < -0.4 is 10.6 Å². The maximum atomic E-state index is 12.8. The third kappa shape index (κ3) is 4.66. The number of carbonyl (C=O) groups excluding carboxylic acids is 1. The Balaban J connectivity index is 1.80. The lowest BCUT2D eigenvalue weighted by molar-refractivity contribution is -0.137.